The predicted octanol–water partition coefficient (Wildman–Crippen LogP) is 1.83. The van der Waals surface area contributed by atoms with E-state index in [-0.39, 0.29) is 19.0 Å². The summed E-state index contributed by atoms with van der Waals surface area (Å²) in [7, 11) is 1.55. The highest BCUT2D eigenvalue weighted by Crippen LogP contribution is 2.31. The number of carbonyl (C=O) groups is 1. The molecule has 8 heteroatoms. The number of hydrogen-bond acceptors (Lipinski definition) is 6. The number of allylic oxidation sites excluding steroid dienone is 1. The number of tetrazole rings is 1. The third-order valence-corrected chi connectivity index (χ3v) is 3.80. The van der Waals surface area contributed by atoms with Gasteiger partial charge in [0.05, 0.1) is 23.7 Å². The first-order valence-corrected chi connectivity index (χ1v) is 7.48. The summed E-state index contributed by atoms with van der Waals surface area (Å²) in [5.74, 6) is 0.153. The van der Waals surface area contributed by atoms with Gasteiger partial charge in [-0.25, -0.2) is 0 Å². The Morgan fingerprint density at radius 3 is 3.09 bits per heavy atom. The molecule has 120 valence electrons. The molecule has 0 aliphatic carbocycles. The smallest absolute Gasteiger partial charge is 0.310 e. The summed E-state index contributed by atoms with van der Waals surface area (Å²) >= 11 is 6.29. The highest BCUT2D eigenvalue weighted by atomic mass is 35.5. The first kappa shape index (κ1) is 15.6. The second kappa shape index (κ2) is 6.89. The third-order valence-electron chi connectivity index (χ3n) is 3.49. The number of methoxy groups -OCH3 is 1. The Balaban J connectivity index is 1.87. The molecule has 1 aromatic carbocycles. The lowest BCUT2D eigenvalue weighted by molar-refractivity contribution is -0.143. The molecule has 7 nitrogen and oxygen atoms in total. The van der Waals surface area contributed by atoms with Crippen LogP contribution in [0, 0.1) is 0 Å². The van der Waals surface area contributed by atoms with Gasteiger partial charge in [0.2, 0.25) is 0 Å². The monoisotopic (exact) mass is 334 g/mol. The number of esters is 1. The van der Waals surface area contributed by atoms with E-state index in [0.29, 0.717) is 29.4 Å². The van der Waals surface area contributed by atoms with E-state index in [1.807, 2.05) is 18.2 Å². The molecule has 1 aliphatic heterocycles. The summed E-state index contributed by atoms with van der Waals surface area (Å²) in [5.41, 5.74) is 2.45. The van der Waals surface area contributed by atoms with Crippen LogP contribution in [0.25, 0.3) is 11.3 Å². The number of para-hydroxylation sites is 1. The van der Waals surface area contributed by atoms with Gasteiger partial charge in [0, 0.05) is 12.7 Å². The molecule has 2 heterocycles. The lowest BCUT2D eigenvalue weighted by atomic mass is 10.1. The van der Waals surface area contributed by atoms with Crippen molar-refractivity contribution in [2.75, 3.05) is 20.3 Å². The van der Waals surface area contributed by atoms with Crippen molar-refractivity contribution in [2.24, 2.45) is 0 Å². The Bertz CT molecular complexity index is 757. The van der Waals surface area contributed by atoms with E-state index < -0.39 is 0 Å². The second-order valence-corrected chi connectivity index (χ2v) is 5.39. The topological polar surface area (TPSA) is 79.1 Å². The van der Waals surface area contributed by atoms with Crippen LogP contribution in [-0.4, -0.2) is 46.5 Å². The van der Waals surface area contributed by atoms with Gasteiger partial charge < -0.3 is 9.47 Å². The Labute approximate surface area is 137 Å². The average molecular weight is 335 g/mol. The first-order valence-electron chi connectivity index (χ1n) is 7.11. The third kappa shape index (κ3) is 3.25. The summed E-state index contributed by atoms with van der Waals surface area (Å²) in [4.78, 5) is 11.9. The quantitative estimate of drug-likeness (QED) is 0.613. The molecule has 2 aromatic rings. The molecule has 3 rings (SSSR count). The molecule has 1 aromatic heterocycles. The van der Waals surface area contributed by atoms with Crippen LogP contribution >= 0.6 is 11.6 Å². The van der Waals surface area contributed by atoms with E-state index in [2.05, 4.69) is 15.5 Å². The molecule has 0 N–H and O–H groups in total. The molecular formula is C15H15ClN4O3. The fourth-order valence-electron chi connectivity index (χ4n) is 2.42. The minimum absolute atomic E-state index is 0.0930. The van der Waals surface area contributed by atoms with E-state index in [0.717, 1.165) is 11.3 Å². The normalized spacial score (nSPS) is 12.9. The molecule has 0 amide bonds. The van der Waals surface area contributed by atoms with Crippen molar-refractivity contribution < 1.29 is 14.3 Å². The highest BCUT2D eigenvalue weighted by molar-refractivity contribution is 6.32. The molecule has 1 aliphatic rings. The van der Waals surface area contributed by atoms with Gasteiger partial charge in [-0.15, -0.1) is 5.10 Å². The number of aromatic nitrogens is 4. The van der Waals surface area contributed by atoms with Gasteiger partial charge in [-0.1, -0.05) is 29.8 Å². The Kier molecular flexibility index (Phi) is 4.68. The van der Waals surface area contributed by atoms with Crippen LogP contribution in [-0.2, 0) is 20.7 Å². The number of fused-ring (bicyclic) bond motifs is 3. The van der Waals surface area contributed by atoms with Crippen LogP contribution in [0.3, 0.4) is 0 Å². The molecule has 0 bridgehead atoms. The van der Waals surface area contributed by atoms with E-state index in [4.69, 9.17) is 21.1 Å². The van der Waals surface area contributed by atoms with Crippen LogP contribution < -0.4 is 0 Å². The van der Waals surface area contributed by atoms with E-state index >= 15 is 0 Å². The number of benzene rings is 1. The Morgan fingerprint density at radius 2 is 2.26 bits per heavy atom. The maximum Gasteiger partial charge on any atom is 0.310 e. The van der Waals surface area contributed by atoms with Crippen molar-refractivity contribution in [1.29, 1.82) is 0 Å². The molecule has 0 radical (unpaired) electrons. The summed E-state index contributed by atoms with van der Waals surface area (Å²) < 4.78 is 11.5. The molecule has 0 saturated carbocycles. The second-order valence-electron chi connectivity index (χ2n) is 4.99. The fraction of sp³-hybridized carbons (Fsp3) is 0.333. The average Bonchev–Trinajstić information content (AvgIpc) is 2.95. The number of rotatable bonds is 5. The van der Waals surface area contributed by atoms with Crippen LogP contribution in [0.5, 0.6) is 0 Å². The molecule has 0 fully saturated rings. The van der Waals surface area contributed by atoms with E-state index in [9.17, 15) is 4.79 Å². The van der Waals surface area contributed by atoms with Gasteiger partial charge >= 0.3 is 5.97 Å². The zero-order valence-electron chi connectivity index (χ0n) is 12.5. The number of hydrogen-bond donors (Lipinski definition) is 0. The fourth-order valence-corrected chi connectivity index (χ4v) is 2.70. The lowest BCUT2D eigenvalue weighted by Gasteiger charge is -2.09. The maximum absolute atomic E-state index is 11.9. The zero-order valence-corrected chi connectivity index (χ0v) is 13.3. The van der Waals surface area contributed by atoms with Crippen molar-refractivity contribution >= 4 is 23.1 Å². The van der Waals surface area contributed by atoms with Crippen LogP contribution in [0.4, 0.5) is 0 Å². The highest BCUT2D eigenvalue weighted by Gasteiger charge is 2.23. The largest absolute Gasteiger partial charge is 0.463 e. The lowest BCUT2D eigenvalue weighted by Crippen LogP contribution is -2.11. The summed E-state index contributed by atoms with van der Waals surface area (Å²) in [6.45, 7) is 0.586. The van der Waals surface area contributed by atoms with Gasteiger partial charge in [0.15, 0.2) is 5.82 Å². The molecule has 0 unspecified atom stereocenters. The first-order chi connectivity index (χ1) is 11.2. The van der Waals surface area contributed by atoms with Crippen molar-refractivity contribution in [2.45, 2.75) is 12.8 Å². The minimum Gasteiger partial charge on any atom is -0.463 e. The van der Waals surface area contributed by atoms with Crippen molar-refractivity contribution in [1.82, 2.24) is 20.2 Å². The number of ether oxygens (including phenoxy) is 2. The van der Waals surface area contributed by atoms with Crippen LogP contribution in [0.2, 0.25) is 5.02 Å². The summed E-state index contributed by atoms with van der Waals surface area (Å²) in [6, 6.07) is 5.63. The Morgan fingerprint density at radius 1 is 1.39 bits per heavy atom. The van der Waals surface area contributed by atoms with Gasteiger partial charge in [-0.2, -0.15) is 4.68 Å². The van der Waals surface area contributed by atoms with Gasteiger partial charge in [-0.3, -0.25) is 4.79 Å². The number of carbonyl (C=O) groups excluding carboxylic acids is 1. The molecule has 23 heavy (non-hydrogen) atoms. The van der Waals surface area contributed by atoms with Crippen molar-refractivity contribution in [3.8, 4) is 5.69 Å². The minimum atomic E-state index is -0.347. The number of nitrogens with zero attached hydrogens (tertiary/aromatic N) is 4. The summed E-state index contributed by atoms with van der Waals surface area (Å²) in [5, 5.41) is 12.3. The predicted molar refractivity (Wildman–Crippen MR) is 83.3 cm³/mol. The SMILES string of the molecule is COCCOC(=O)CC1=CCc2cccc(Cl)c2-n2nnnc21. The molecule has 0 atom stereocenters. The van der Waals surface area contributed by atoms with Crippen molar-refractivity contribution in [3.63, 3.8) is 0 Å². The van der Waals surface area contributed by atoms with Crippen LogP contribution in [0.1, 0.15) is 17.8 Å². The van der Waals surface area contributed by atoms with Crippen molar-refractivity contribution in [3.05, 3.63) is 40.7 Å². The molecule has 0 saturated heterocycles. The molecule has 0 spiro atoms. The van der Waals surface area contributed by atoms with Gasteiger partial charge in [0.1, 0.15) is 6.61 Å². The van der Waals surface area contributed by atoms with E-state index in [1.165, 1.54) is 0 Å². The summed E-state index contributed by atoms with van der Waals surface area (Å²) in [6.07, 6.45) is 2.65. The Hall–Kier alpha value is -2.25. The van der Waals surface area contributed by atoms with Gasteiger partial charge in [-0.05, 0) is 28.5 Å². The van der Waals surface area contributed by atoms with E-state index in [1.54, 1.807) is 17.9 Å². The standard InChI is InChI=1S/C15H15ClN4O3/c1-22-7-8-23-13(21)9-11-6-5-10-3-2-4-12(16)14(10)20-15(11)17-18-19-20/h2-4,6H,5,7-9H2,1H3. The molecular weight excluding hydrogens is 320 g/mol. The van der Waals surface area contributed by atoms with Crippen LogP contribution in [0.15, 0.2) is 24.3 Å². The maximum atomic E-state index is 11.9. The zero-order chi connectivity index (χ0) is 16.2. The number of halogens is 1. The van der Waals surface area contributed by atoms with Gasteiger partial charge in [0.25, 0.3) is 0 Å².